The minimum absolute atomic E-state index is 0.158. The molecule has 0 aliphatic heterocycles. The van der Waals surface area contributed by atoms with Gasteiger partial charge in [-0.1, -0.05) is 36.4 Å². The Bertz CT molecular complexity index is 984. The van der Waals surface area contributed by atoms with Crippen LogP contribution in [0.3, 0.4) is 0 Å². The van der Waals surface area contributed by atoms with Crippen molar-refractivity contribution in [2.24, 2.45) is 0 Å². The molecule has 0 bridgehead atoms. The summed E-state index contributed by atoms with van der Waals surface area (Å²) in [6, 6.07) is 17.5. The summed E-state index contributed by atoms with van der Waals surface area (Å²) in [6.07, 6.45) is 2.89. The molecule has 0 atom stereocenters. The Labute approximate surface area is 160 Å². The number of benzene rings is 2. The molecule has 0 saturated heterocycles. The lowest BCUT2D eigenvalue weighted by Gasteiger charge is -2.25. The summed E-state index contributed by atoms with van der Waals surface area (Å²) in [5, 5.41) is 4.16. The first kappa shape index (κ1) is 19.1. The summed E-state index contributed by atoms with van der Waals surface area (Å²) < 4.78 is 29.4. The van der Waals surface area contributed by atoms with Crippen molar-refractivity contribution in [1.82, 2.24) is 14.5 Å². The van der Waals surface area contributed by atoms with Gasteiger partial charge in [0, 0.05) is 25.3 Å². The fraction of sp³-hybridized carbons (Fsp3) is 0.250. The molecule has 0 aliphatic rings. The summed E-state index contributed by atoms with van der Waals surface area (Å²) >= 11 is 0. The van der Waals surface area contributed by atoms with Crippen LogP contribution in [0.15, 0.2) is 71.9 Å². The first-order chi connectivity index (χ1) is 13.0. The molecular weight excluding hydrogens is 360 g/mol. The summed E-state index contributed by atoms with van der Waals surface area (Å²) in [4.78, 5) is 2.32. The molecule has 7 heteroatoms. The van der Waals surface area contributed by atoms with E-state index in [0.717, 1.165) is 17.9 Å². The molecule has 0 amide bonds. The molecule has 142 valence electrons. The smallest absolute Gasteiger partial charge is 0.243 e. The van der Waals surface area contributed by atoms with Crippen molar-refractivity contribution in [2.75, 3.05) is 24.5 Å². The number of nitrogens with one attached hydrogen (secondary N) is 1. The summed E-state index contributed by atoms with van der Waals surface area (Å²) in [5.74, 6) is 0. The highest BCUT2D eigenvalue weighted by molar-refractivity contribution is 7.89. The molecule has 1 N–H and O–H groups in total. The number of rotatable bonds is 8. The largest absolute Gasteiger partial charge is 0.370 e. The highest BCUT2D eigenvalue weighted by atomic mass is 32.2. The van der Waals surface area contributed by atoms with Crippen LogP contribution in [-0.2, 0) is 10.0 Å². The number of likely N-dealkylation sites (N-methyl/N-ethyl adjacent to an activating group) is 1. The number of nitrogens with zero attached hydrogens (tertiary/aromatic N) is 3. The lowest BCUT2D eigenvalue weighted by Crippen LogP contribution is -2.35. The Hall–Kier alpha value is -2.64. The molecule has 2 aromatic carbocycles. The second-order valence-electron chi connectivity index (χ2n) is 6.22. The van der Waals surface area contributed by atoms with E-state index in [1.165, 1.54) is 18.0 Å². The van der Waals surface area contributed by atoms with Crippen LogP contribution in [0.1, 0.15) is 12.5 Å². The number of hydrogen-bond donors (Lipinski definition) is 1. The van der Waals surface area contributed by atoms with Crippen molar-refractivity contribution in [2.45, 2.75) is 18.7 Å². The van der Waals surface area contributed by atoms with Crippen LogP contribution < -0.4 is 9.62 Å². The fourth-order valence-electron chi connectivity index (χ4n) is 2.93. The SMILES string of the molecule is CCN(CCNS(=O)(=O)c1cnn(-c2ccccc2)c1)c1ccccc1C. The normalized spacial score (nSPS) is 11.5. The Morgan fingerprint density at radius 1 is 1.07 bits per heavy atom. The van der Waals surface area contributed by atoms with Crippen molar-refractivity contribution in [3.63, 3.8) is 0 Å². The Morgan fingerprint density at radius 2 is 1.78 bits per heavy atom. The molecule has 0 saturated carbocycles. The summed E-state index contributed by atoms with van der Waals surface area (Å²) in [7, 11) is -3.60. The molecule has 27 heavy (non-hydrogen) atoms. The van der Waals surface area contributed by atoms with E-state index < -0.39 is 10.0 Å². The van der Waals surface area contributed by atoms with Crippen LogP contribution in [-0.4, -0.2) is 37.8 Å². The zero-order chi connectivity index (χ0) is 19.3. The van der Waals surface area contributed by atoms with Gasteiger partial charge in [-0.25, -0.2) is 17.8 Å². The molecule has 1 heterocycles. The molecule has 0 spiro atoms. The van der Waals surface area contributed by atoms with Crippen LogP contribution >= 0.6 is 0 Å². The van der Waals surface area contributed by atoms with Gasteiger partial charge >= 0.3 is 0 Å². The van der Waals surface area contributed by atoms with Gasteiger partial charge in [-0.2, -0.15) is 5.10 Å². The van der Waals surface area contributed by atoms with E-state index in [-0.39, 0.29) is 4.90 Å². The second-order valence-corrected chi connectivity index (χ2v) is 7.99. The maximum atomic E-state index is 12.6. The van der Waals surface area contributed by atoms with Gasteiger partial charge < -0.3 is 4.90 Å². The van der Waals surface area contributed by atoms with E-state index in [9.17, 15) is 8.42 Å². The van der Waals surface area contributed by atoms with Crippen molar-refractivity contribution in [3.05, 3.63) is 72.6 Å². The Morgan fingerprint density at radius 3 is 2.48 bits per heavy atom. The maximum absolute atomic E-state index is 12.6. The molecule has 3 rings (SSSR count). The van der Waals surface area contributed by atoms with Gasteiger partial charge in [0.2, 0.25) is 10.0 Å². The molecule has 0 radical (unpaired) electrons. The van der Waals surface area contributed by atoms with E-state index in [1.807, 2.05) is 42.5 Å². The maximum Gasteiger partial charge on any atom is 0.243 e. The summed E-state index contributed by atoms with van der Waals surface area (Å²) in [5.41, 5.74) is 3.11. The monoisotopic (exact) mass is 384 g/mol. The van der Waals surface area contributed by atoms with E-state index in [0.29, 0.717) is 13.1 Å². The average Bonchev–Trinajstić information content (AvgIpc) is 3.18. The number of hydrogen-bond acceptors (Lipinski definition) is 4. The first-order valence-electron chi connectivity index (χ1n) is 8.91. The van der Waals surface area contributed by atoms with E-state index >= 15 is 0 Å². The van der Waals surface area contributed by atoms with Gasteiger partial charge in [-0.15, -0.1) is 0 Å². The average molecular weight is 385 g/mol. The van der Waals surface area contributed by atoms with E-state index in [1.54, 1.807) is 4.68 Å². The zero-order valence-electron chi connectivity index (χ0n) is 15.5. The quantitative estimate of drug-likeness (QED) is 0.648. The Kier molecular flexibility index (Phi) is 5.93. The molecule has 0 unspecified atom stereocenters. The van der Waals surface area contributed by atoms with Crippen LogP contribution in [0, 0.1) is 6.92 Å². The number of sulfonamides is 1. The minimum Gasteiger partial charge on any atom is -0.370 e. The first-order valence-corrected chi connectivity index (χ1v) is 10.4. The lowest BCUT2D eigenvalue weighted by atomic mass is 10.2. The fourth-order valence-corrected chi connectivity index (χ4v) is 3.88. The van der Waals surface area contributed by atoms with E-state index in [4.69, 9.17) is 0 Å². The van der Waals surface area contributed by atoms with Crippen molar-refractivity contribution < 1.29 is 8.42 Å². The third-order valence-corrected chi connectivity index (χ3v) is 5.82. The van der Waals surface area contributed by atoms with Gasteiger partial charge in [0.1, 0.15) is 4.90 Å². The highest BCUT2D eigenvalue weighted by Gasteiger charge is 2.17. The number of anilines is 1. The predicted octanol–water partition coefficient (Wildman–Crippen LogP) is 2.99. The van der Waals surface area contributed by atoms with Gasteiger partial charge in [0.05, 0.1) is 18.1 Å². The minimum atomic E-state index is -3.60. The number of aromatic nitrogens is 2. The van der Waals surface area contributed by atoms with Gasteiger partial charge in [0.15, 0.2) is 0 Å². The standard InChI is InChI=1S/C20H24N4O2S/c1-3-23(20-12-8-7-9-17(20)2)14-13-22-27(25,26)19-15-21-24(16-19)18-10-5-4-6-11-18/h4-12,15-16,22H,3,13-14H2,1-2H3. The molecule has 0 aliphatic carbocycles. The van der Waals surface area contributed by atoms with E-state index in [2.05, 4.69) is 40.7 Å². The summed E-state index contributed by atoms with van der Waals surface area (Å²) in [6.45, 7) is 5.83. The molecule has 3 aromatic rings. The number of aryl methyl sites for hydroxylation is 1. The van der Waals surface area contributed by atoms with Crippen LogP contribution in [0.25, 0.3) is 5.69 Å². The van der Waals surface area contributed by atoms with Gasteiger partial charge in [-0.05, 0) is 37.6 Å². The van der Waals surface area contributed by atoms with Crippen molar-refractivity contribution in [3.8, 4) is 5.69 Å². The topological polar surface area (TPSA) is 67.2 Å². The van der Waals surface area contributed by atoms with Crippen LogP contribution in [0.4, 0.5) is 5.69 Å². The second kappa shape index (κ2) is 8.37. The third-order valence-electron chi connectivity index (χ3n) is 4.40. The van der Waals surface area contributed by atoms with Crippen molar-refractivity contribution in [1.29, 1.82) is 0 Å². The van der Waals surface area contributed by atoms with Gasteiger partial charge in [-0.3, -0.25) is 0 Å². The Balaban J connectivity index is 1.65. The van der Waals surface area contributed by atoms with Crippen molar-refractivity contribution >= 4 is 15.7 Å². The highest BCUT2D eigenvalue weighted by Crippen LogP contribution is 2.18. The van der Waals surface area contributed by atoms with Crippen LogP contribution in [0.5, 0.6) is 0 Å². The third kappa shape index (κ3) is 4.56. The zero-order valence-corrected chi connectivity index (χ0v) is 16.4. The van der Waals surface area contributed by atoms with Crippen LogP contribution in [0.2, 0.25) is 0 Å². The predicted molar refractivity (Wildman–Crippen MR) is 108 cm³/mol. The van der Waals surface area contributed by atoms with Gasteiger partial charge in [0.25, 0.3) is 0 Å². The lowest BCUT2D eigenvalue weighted by molar-refractivity contribution is 0.581. The molecule has 1 aromatic heterocycles. The molecule has 6 nitrogen and oxygen atoms in total. The number of para-hydroxylation sites is 2. The molecule has 0 fully saturated rings. The molecular formula is C20H24N4O2S.